The number of anilines is 1. The van der Waals surface area contributed by atoms with Crippen LogP contribution < -0.4 is 4.90 Å². The molecule has 0 amide bonds. The molecule has 1 aliphatic heterocycles. The number of carboxylic acid groups (broad SMARTS) is 1. The van der Waals surface area contributed by atoms with E-state index >= 15 is 0 Å². The number of aryl methyl sites for hydroxylation is 1. The Morgan fingerprint density at radius 2 is 2.29 bits per heavy atom. The first-order valence-electron chi connectivity index (χ1n) is 7.40. The lowest BCUT2D eigenvalue weighted by atomic mass is 10.0. The van der Waals surface area contributed by atoms with Crippen LogP contribution in [0.1, 0.15) is 36.5 Å². The van der Waals surface area contributed by atoms with Gasteiger partial charge in [0.05, 0.1) is 17.3 Å². The molecule has 0 spiro atoms. The van der Waals surface area contributed by atoms with E-state index in [4.69, 9.17) is 0 Å². The van der Waals surface area contributed by atoms with Crippen molar-refractivity contribution in [3.63, 3.8) is 0 Å². The van der Waals surface area contributed by atoms with Gasteiger partial charge in [-0.15, -0.1) is 0 Å². The maximum absolute atomic E-state index is 11.5. The number of pyridine rings is 1. The quantitative estimate of drug-likeness (QED) is 0.934. The highest BCUT2D eigenvalue weighted by Gasteiger charge is 2.28. The molecule has 1 aliphatic rings. The van der Waals surface area contributed by atoms with Gasteiger partial charge in [-0.05, 0) is 18.8 Å². The number of aromatic carboxylic acids is 1. The number of nitrogens with zero attached hydrogens (tertiary/aromatic N) is 4. The Balaban J connectivity index is 2.07. The molecule has 0 aliphatic carbocycles. The Labute approximate surface area is 123 Å². The normalized spacial score (nSPS) is 18.6. The molecule has 1 saturated heterocycles. The van der Waals surface area contributed by atoms with E-state index in [9.17, 15) is 9.90 Å². The smallest absolute Gasteiger partial charge is 0.339 e. The molecule has 0 radical (unpaired) electrons. The Kier molecular flexibility index (Phi) is 3.53. The van der Waals surface area contributed by atoms with Gasteiger partial charge in [0.2, 0.25) is 0 Å². The van der Waals surface area contributed by atoms with Gasteiger partial charge in [0, 0.05) is 26.3 Å². The van der Waals surface area contributed by atoms with Crippen LogP contribution in [0.2, 0.25) is 0 Å². The Hall–Kier alpha value is -2.11. The predicted molar refractivity (Wildman–Crippen MR) is 80.7 cm³/mol. The van der Waals surface area contributed by atoms with Gasteiger partial charge >= 0.3 is 5.97 Å². The second kappa shape index (κ2) is 5.35. The molecule has 0 saturated carbocycles. The largest absolute Gasteiger partial charge is 0.478 e. The molecular formula is C15H20N4O2. The monoisotopic (exact) mass is 288 g/mol. The lowest BCUT2D eigenvalue weighted by Crippen LogP contribution is -2.22. The lowest BCUT2D eigenvalue weighted by molar-refractivity contribution is 0.0697. The molecule has 6 heteroatoms. The van der Waals surface area contributed by atoms with Crippen LogP contribution in [0, 0.1) is 5.92 Å². The van der Waals surface area contributed by atoms with E-state index in [-0.39, 0.29) is 5.56 Å². The molecule has 112 valence electrons. The minimum Gasteiger partial charge on any atom is -0.478 e. The highest BCUT2D eigenvalue weighted by atomic mass is 16.4. The third-order valence-electron chi connectivity index (χ3n) is 4.26. The standard InChI is InChI=1S/C15H20N4O2/c1-3-4-10-5-6-19(9-10)13-11-8-17-18(2)14(11)16-7-12(13)15(20)21/h7-8,10H,3-6,9H2,1-2H3,(H,20,21). The van der Waals surface area contributed by atoms with E-state index in [1.54, 1.807) is 10.9 Å². The van der Waals surface area contributed by atoms with Crippen molar-refractivity contribution in [1.82, 2.24) is 14.8 Å². The molecular weight excluding hydrogens is 268 g/mol. The highest BCUT2D eigenvalue weighted by Crippen LogP contribution is 2.34. The van der Waals surface area contributed by atoms with Crippen LogP contribution in [0.25, 0.3) is 11.0 Å². The number of fused-ring (bicyclic) bond motifs is 1. The van der Waals surface area contributed by atoms with Gasteiger partial charge in [-0.2, -0.15) is 5.10 Å². The summed E-state index contributed by atoms with van der Waals surface area (Å²) in [6, 6.07) is 0. The van der Waals surface area contributed by atoms with Crippen molar-refractivity contribution >= 4 is 22.7 Å². The molecule has 0 aromatic carbocycles. The van der Waals surface area contributed by atoms with Gasteiger partial charge in [-0.3, -0.25) is 4.68 Å². The van der Waals surface area contributed by atoms with E-state index in [1.807, 2.05) is 7.05 Å². The summed E-state index contributed by atoms with van der Waals surface area (Å²) in [5.41, 5.74) is 1.78. The molecule has 21 heavy (non-hydrogen) atoms. The molecule has 1 unspecified atom stereocenters. The summed E-state index contributed by atoms with van der Waals surface area (Å²) >= 11 is 0. The van der Waals surface area contributed by atoms with E-state index < -0.39 is 5.97 Å². The molecule has 1 atom stereocenters. The second-order valence-electron chi connectivity index (χ2n) is 5.72. The summed E-state index contributed by atoms with van der Waals surface area (Å²) in [5, 5.41) is 14.5. The van der Waals surface area contributed by atoms with Crippen molar-refractivity contribution in [2.45, 2.75) is 26.2 Å². The van der Waals surface area contributed by atoms with Crippen LogP contribution in [0.4, 0.5) is 5.69 Å². The molecule has 1 fully saturated rings. The van der Waals surface area contributed by atoms with Crippen molar-refractivity contribution in [1.29, 1.82) is 0 Å². The molecule has 2 aromatic rings. The zero-order valence-corrected chi connectivity index (χ0v) is 12.4. The third-order valence-corrected chi connectivity index (χ3v) is 4.26. The number of hydrogen-bond donors (Lipinski definition) is 1. The van der Waals surface area contributed by atoms with E-state index in [0.717, 1.165) is 36.2 Å². The molecule has 3 rings (SSSR count). The summed E-state index contributed by atoms with van der Waals surface area (Å²) in [7, 11) is 1.82. The lowest BCUT2D eigenvalue weighted by Gasteiger charge is -2.21. The highest BCUT2D eigenvalue weighted by molar-refractivity contribution is 6.03. The SMILES string of the molecule is CCCC1CCN(c2c(C(=O)O)cnc3c2cnn3C)C1. The zero-order chi connectivity index (χ0) is 15.0. The predicted octanol–water partition coefficient (Wildman–Crippen LogP) is 2.29. The molecule has 1 N–H and O–H groups in total. The van der Waals surface area contributed by atoms with Gasteiger partial charge in [0.15, 0.2) is 5.65 Å². The van der Waals surface area contributed by atoms with Gasteiger partial charge in [0.1, 0.15) is 5.56 Å². The van der Waals surface area contributed by atoms with Crippen LogP contribution in [-0.4, -0.2) is 38.9 Å². The summed E-state index contributed by atoms with van der Waals surface area (Å²) in [4.78, 5) is 18.0. The number of hydrogen-bond acceptors (Lipinski definition) is 4. The molecule has 3 heterocycles. The Morgan fingerprint density at radius 1 is 1.48 bits per heavy atom. The first kappa shape index (κ1) is 13.9. The Morgan fingerprint density at radius 3 is 3.00 bits per heavy atom. The average molecular weight is 288 g/mol. The summed E-state index contributed by atoms with van der Waals surface area (Å²) in [6.45, 7) is 4.01. The maximum Gasteiger partial charge on any atom is 0.339 e. The van der Waals surface area contributed by atoms with Gasteiger partial charge in [-0.25, -0.2) is 9.78 Å². The zero-order valence-electron chi connectivity index (χ0n) is 12.4. The second-order valence-corrected chi connectivity index (χ2v) is 5.72. The Bertz CT molecular complexity index is 680. The summed E-state index contributed by atoms with van der Waals surface area (Å²) in [6.07, 6.45) is 6.66. The van der Waals surface area contributed by atoms with Crippen LogP contribution in [-0.2, 0) is 7.05 Å². The fourth-order valence-corrected chi connectivity index (χ4v) is 3.26. The topological polar surface area (TPSA) is 71.2 Å². The van der Waals surface area contributed by atoms with Crippen LogP contribution in [0.3, 0.4) is 0 Å². The van der Waals surface area contributed by atoms with Crippen molar-refractivity contribution < 1.29 is 9.90 Å². The van der Waals surface area contributed by atoms with Crippen LogP contribution in [0.5, 0.6) is 0 Å². The number of carboxylic acids is 1. The first-order chi connectivity index (χ1) is 10.1. The van der Waals surface area contributed by atoms with Crippen molar-refractivity contribution in [2.75, 3.05) is 18.0 Å². The van der Waals surface area contributed by atoms with E-state index in [1.165, 1.54) is 19.0 Å². The summed E-state index contributed by atoms with van der Waals surface area (Å²) < 4.78 is 1.68. The molecule has 2 aromatic heterocycles. The first-order valence-corrected chi connectivity index (χ1v) is 7.40. The van der Waals surface area contributed by atoms with Crippen LogP contribution in [0.15, 0.2) is 12.4 Å². The average Bonchev–Trinajstić information content (AvgIpc) is 3.06. The molecule has 6 nitrogen and oxygen atoms in total. The van der Waals surface area contributed by atoms with Gasteiger partial charge in [0.25, 0.3) is 0 Å². The fraction of sp³-hybridized carbons (Fsp3) is 0.533. The maximum atomic E-state index is 11.5. The number of carbonyl (C=O) groups is 1. The van der Waals surface area contributed by atoms with Crippen molar-refractivity contribution in [2.24, 2.45) is 13.0 Å². The summed E-state index contributed by atoms with van der Waals surface area (Å²) in [5.74, 6) is -0.279. The van der Waals surface area contributed by atoms with Crippen molar-refractivity contribution in [3.8, 4) is 0 Å². The number of aromatic nitrogens is 3. The van der Waals surface area contributed by atoms with E-state index in [0.29, 0.717) is 5.92 Å². The van der Waals surface area contributed by atoms with Crippen LogP contribution >= 0.6 is 0 Å². The number of rotatable bonds is 4. The van der Waals surface area contributed by atoms with Gasteiger partial charge in [-0.1, -0.05) is 13.3 Å². The minimum atomic E-state index is -0.929. The van der Waals surface area contributed by atoms with E-state index in [2.05, 4.69) is 21.9 Å². The minimum absolute atomic E-state index is 0.271. The van der Waals surface area contributed by atoms with Gasteiger partial charge < -0.3 is 10.0 Å². The fourth-order valence-electron chi connectivity index (χ4n) is 3.26. The molecule has 0 bridgehead atoms. The van der Waals surface area contributed by atoms with Crippen molar-refractivity contribution in [3.05, 3.63) is 18.0 Å². The third kappa shape index (κ3) is 2.34.